The molecule has 2 aliphatic rings. The molecule has 0 saturated heterocycles. The van der Waals surface area contributed by atoms with Crippen molar-refractivity contribution in [1.29, 1.82) is 0 Å². The average molecular weight is 430 g/mol. The summed E-state index contributed by atoms with van der Waals surface area (Å²) in [6, 6.07) is 18.0. The van der Waals surface area contributed by atoms with Gasteiger partial charge in [-0.3, -0.25) is 0 Å². The molecule has 2 aliphatic heterocycles. The Labute approximate surface area is 186 Å². The highest BCUT2D eigenvalue weighted by atomic mass is 19.1. The predicted molar refractivity (Wildman–Crippen MR) is 123 cm³/mol. The molecule has 0 N–H and O–H groups in total. The fourth-order valence-corrected chi connectivity index (χ4v) is 4.84. The van der Waals surface area contributed by atoms with Crippen molar-refractivity contribution in [2.45, 2.75) is 31.5 Å². The van der Waals surface area contributed by atoms with Gasteiger partial charge in [0.1, 0.15) is 11.5 Å². The van der Waals surface area contributed by atoms with Crippen LogP contribution in [0.25, 0.3) is 6.08 Å². The largest absolute Gasteiger partial charge is 0.493 e. The van der Waals surface area contributed by atoms with Crippen LogP contribution in [-0.4, -0.2) is 12.8 Å². The Morgan fingerprint density at radius 3 is 2.56 bits per heavy atom. The Hall–Kier alpha value is -3.67. The van der Waals surface area contributed by atoms with Gasteiger partial charge >= 0.3 is 0 Å². The molecule has 2 heterocycles. The first kappa shape index (κ1) is 20.2. The lowest BCUT2D eigenvalue weighted by Crippen LogP contribution is -2.59. The van der Waals surface area contributed by atoms with E-state index < -0.39 is 11.1 Å². The number of rotatable bonds is 4. The van der Waals surface area contributed by atoms with Crippen LogP contribution in [0.1, 0.15) is 30.5 Å². The summed E-state index contributed by atoms with van der Waals surface area (Å²) in [7, 11) is 1.55. The van der Waals surface area contributed by atoms with Crippen LogP contribution in [0.2, 0.25) is 0 Å². The van der Waals surface area contributed by atoms with Crippen LogP contribution in [0.3, 0.4) is 0 Å². The molecule has 0 fully saturated rings. The fourth-order valence-electron chi connectivity index (χ4n) is 4.84. The van der Waals surface area contributed by atoms with Crippen molar-refractivity contribution in [2.75, 3.05) is 12.0 Å². The Balaban J connectivity index is 1.68. The van der Waals surface area contributed by atoms with E-state index in [0.717, 1.165) is 22.4 Å². The first-order valence-corrected chi connectivity index (χ1v) is 10.4. The topological polar surface area (TPSA) is 51.1 Å². The number of nitrogens with zero attached hydrogens (tertiary/aromatic N) is 2. The maximum absolute atomic E-state index is 13.5. The summed E-state index contributed by atoms with van der Waals surface area (Å²) in [6.45, 7) is 4.83. The summed E-state index contributed by atoms with van der Waals surface area (Å²) in [6.07, 6.45) is 3.99. The van der Waals surface area contributed by atoms with Crippen molar-refractivity contribution in [1.82, 2.24) is 0 Å². The van der Waals surface area contributed by atoms with Crippen LogP contribution in [0.15, 0.2) is 71.9 Å². The minimum absolute atomic E-state index is 0.266. The van der Waals surface area contributed by atoms with Gasteiger partial charge in [-0.1, -0.05) is 30.3 Å². The molecule has 1 unspecified atom stereocenters. The van der Waals surface area contributed by atoms with Gasteiger partial charge in [-0.2, -0.15) is 0 Å². The molecule has 0 bridgehead atoms. The van der Waals surface area contributed by atoms with Crippen LogP contribution in [0.4, 0.5) is 15.8 Å². The lowest BCUT2D eigenvalue weighted by molar-refractivity contribution is 0.0493. The van der Waals surface area contributed by atoms with Crippen LogP contribution in [0.5, 0.6) is 11.5 Å². The zero-order chi connectivity index (χ0) is 22.5. The molecule has 0 saturated carbocycles. The number of ether oxygens (including phenoxy) is 2. The van der Waals surface area contributed by atoms with Gasteiger partial charge in [0, 0.05) is 23.9 Å². The molecule has 1 spiro atoms. The van der Waals surface area contributed by atoms with Gasteiger partial charge < -0.3 is 14.4 Å². The molecule has 5 rings (SSSR count). The fraction of sp³-hybridized carbons (Fsp3) is 0.231. The van der Waals surface area contributed by atoms with Crippen LogP contribution >= 0.6 is 0 Å². The van der Waals surface area contributed by atoms with Gasteiger partial charge in [-0.15, -0.1) is 4.91 Å². The first-order chi connectivity index (χ1) is 15.4. The minimum Gasteiger partial charge on any atom is -0.493 e. The number of hydrogen-bond donors (Lipinski definition) is 0. The summed E-state index contributed by atoms with van der Waals surface area (Å²) in [4.78, 5) is 13.3. The summed E-state index contributed by atoms with van der Waals surface area (Å²) >= 11 is 0. The predicted octanol–water partition coefficient (Wildman–Crippen LogP) is 6.33. The quantitative estimate of drug-likeness (QED) is 0.454. The van der Waals surface area contributed by atoms with Crippen LogP contribution in [-0.2, 0) is 12.0 Å². The van der Waals surface area contributed by atoms with E-state index in [0.29, 0.717) is 18.0 Å². The molecule has 3 aromatic rings. The number of fused-ring (bicyclic) bond motifs is 2. The monoisotopic (exact) mass is 430 g/mol. The van der Waals surface area contributed by atoms with Crippen molar-refractivity contribution < 1.29 is 13.9 Å². The molecule has 0 aliphatic carbocycles. The number of hydrogen-bond acceptors (Lipinski definition) is 5. The van der Waals surface area contributed by atoms with Crippen molar-refractivity contribution in [3.63, 3.8) is 0 Å². The highest BCUT2D eigenvalue weighted by Crippen LogP contribution is 2.56. The van der Waals surface area contributed by atoms with Gasteiger partial charge in [-0.25, -0.2) is 4.39 Å². The Bertz CT molecular complexity index is 1240. The second-order valence-corrected chi connectivity index (χ2v) is 8.64. The van der Waals surface area contributed by atoms with Gasteiger partial charge in [0.2, 0.25) is 5.72 Å². The van der Waals surface area contributed by atoms with Gasteiger partial charge in [-0.05, 0) is 66.6 Å². The van der Waals surface area contributed by atoms with E-state index in [1.54, 1.807) is 31.4 Å². The number of halogens is 1. The van der Waals surface area contributed by atoms with Crippen molar-refractivity contribution in [3.05, 3.63) is 94.2 Å². The highest BCUT2D eigenvalue weighted by Gasteiger charge is 2.59. The van der Waals surface area contributed by atoms with E-state index in [1.165, 1.54) is 12.1 Å². The van der Waals surface area contributed by atoms with Gasteiger partial charge in [0.15, 0.2) is 11.5 Å². The molecule has 32 heavy (non-hydrogen) atoms. The summed E-state index contributed by atoms with van der Waals surface area (Å²) in [5.41, 5.74) is 2.90. The zero-order valence-corrected chi connectivity index (χ0v) is 18.1. The lowest BCUT2D eigenvalue weighted by Gasteiger charge is -2.47. The standard InChI is InChI=1S/C26H23FN2O3/c1-25(2)21-6-4-5-7-22(21)29(16-17-8-10-19(27)11-9-17)26(25)13-12-18-14-20(28-30)15-23(31-3)24(18)32-26/h4-15H,16H2,1-3H3. The van der Waals surface area contributed by atoms with E-state index in [9.17, 15) is 9.30 Å². The van der Waals surface area contributed by atoms with E-state index in [2.05, 4.69) is 36.1 Å². The molecular weight excluding hydrogens is 407 g/mol. The van der Waals surface area contributed by atoms with Gasteiger partial charge in [0.05, 0.1) is 12.5 Å². The van der Waals surface area contributed by atoms with Crippen LogP contribution < -0.4 is 14.4 Å². The molecule has 6 heteroatoms. The molecule has 162 valence electrons. The molecule has 5 nitrogen and oxygen atoms in total. The Morgan fingerprint density at radius 2 is 1.84 bits per heavy atom. The molecule has 0 aromatic heterocycles. The van der Waals surface area contributed by atoms with E-state index in [1.807, 2.05) is 24.3 Å². The second-order valence-electron chi connectivity index (χ2n) is 8.64. The lowest BCUT2D eigenvalue weighted by atomic mass is 9.76. The third-order valence-corrected chi connectivity index (χ3v) is 6.56. The molecule has 3 aromatic carbocycles. The molecular formula is C26H23FN2O3. The minimum atomic E-state index is -0.860. The molecule has 0 amide bonds. The SMILES string of the molecule is COc1cc(N=O)cc2c1OC1(C=C2)N(Cc2ccc(F)cc2)c2ccccc2C1(C)C. The maximum Gasteiger partial charge on any atom is 0.212 e. The number of anilines is 1. The third-order valence-electron chi connectivity index (χ3n) is 6.56. The molecule has 0 radical (unpaired) electrons. The third kappa shape index (κ3) is 2.83. The van der Waals surface area contributed by atoms with E-state index in [4.69, 9.17) is 9.47 Å². The normalized spacial score (nSPS) is 19.9. The Morgan fingerprint density at radius 1 is 1.09 bits per heavy atom. The number of benzene rings is 3. The maximum atomic E-state index is 13.5. The van der Waals surface area contributed by atoms with Crippen molar-refractivity contribution in [3.8, 4) is 11.5 Å². The van der Waals surface area contributed by atoms with E-state index >= 15 is 0 Å². The first-order valence-electron chi connectivity index (χ1n) is 10.4. The van der Waals surface area contributed by atoms with Crippen molar-refractivity contribution in [2.24, 2.45) is 5.18 Å². The molecule has 1 atom stereocenters. The van der Waals surface area contributed by atoms with E-state index in [-0.39, 0.29) is 11.5 Å². The summed E-state index contributed by atoms with van der Waals surface area (Å²) in [5, 5.41) is 3.05. The van der Waals surface area contributed by atoms with Gasteiger partial charge in [0.25, 0.3) is 0 Å². The Kier molecular flexibility index (Phi) is 4.55. The highest BCUT2D eigenvalue weighted by molar-refractivity contribution is 5.75. The number of para-hydroxylation sites is 1. The average Bonchev–Trinajstić information content (AvgIpc) is 2.98. The number of methoxy groups -OCH3 is 1. The summed E-state index contributed by atoms with van der Waals surface area (Å²) in [5.74, 6) is 0.749. The number of nitroso groups, excluding NO2 is 1. The summed E-state index contributed by atoms with van der Waals surface area (Å²) < 4.78 is 25.9. The van der Waals surface area contributed by atoms with Crippen molar-refractivity contribution >= 4 is 17.5 Å². The zero-order valence-electron chi connectivity index (χ0n) is 18.1. The van der Waals surface area contributed by atoms with Crippen LogP contribution in [0, 0.1) is 10.7 Å². The smallest absolute Gasteiger partial charge is 0.212 e. The second kappa shape index (κ2) is 7.19.